The van der Waals surface area contributed by atoms with Gasteiger partial charge in [-0.25, -0.2) is 4.98 Å². The quantitative estimate of drug-likeness (QED) is 0.561. The molecular formula is C20H16N2O3S. The van der Waals surface area contributed by atoms with Crippen molar-refractivity contribution in [3.63, 3.8) is 0 Å². The van der Waals surface area contributed by atoms with E-state index in [4.69, 9.17) is 4.42 Å². The first-order valence-electron chi connectivity index (χ1n) is 8.14. The third-order valence-electron chi connectivity index (χ3n) is 4.15. The summed E-state index contributed by atoms with van der Waals surface area (Å²) in [6.45, 7) is 0.139. The fourth-order valence-electron chi connectivity index (χ4n) is 2.72. The smallest absolute Gasteiger partial charge is 0.251 e. The highest BCUT2D eigenvalue weighted by Gasteiger charge is 2.12. The van der Waals surface area contributed by atoms with Crippen LogP contribution in [0.4, 0.5) is 0 Å². The standard InChI is InChI=1S/C20H16N2O3S/c23-17(13-3-5-14(6-4-13)18-2-1-9-25-18)11-21-20(24)15-7-8-16-19(10-15)26-12-22-16/h1-10,12,17,23H,11H2,(H,21,24)/t17-/m1/s1. The number of rotatable bonds is 5. The number of aliphatic hydroxyl groups is 1. The molecule has 130 valence electrons. The van der Waals surface area contributed by atoms with Crippen LogP contribution in [0.1, 0.15) is 22.0 Å². The summed E-state index contributed by atoms with van der Waals surface area (Å²) >= 11 is 1.49. The van der Waals surface area contributed by atoms with Gasteiger partial charge in [-0.1, -0.05) is 24.3 Å². The first kappa shape index (κ1) is 16.5. The molecule has 4 rings (SSSR count). The zero-order chi connectivity index (χ0) is 17.9. The van der Waals surface area contributed by atoms with Gasteiger partial charge in [-0.2, -0.15) is 0 Å². The van der Waals surface area contributed by atoms with Gasteiger partial charge >= 0.3 is 0 Å². The fraction of sp³-hybridized carbons (Fsp3) is 0.100. The molecule has 0 spiro atoms. The Hall–Kier alpha value is -2.96. The minimum absolute atomic E-state index is 0.139. The normalized spacial score (nSPS) is 12.2. The Morgan fingerprint density at radius 2 is 2.04 bits per heavy atom. The lowest BCUT2D eigenvalue weighted by atomic mass is 10.1. The van der Waals surface area contributed by atoms with Crippen LogP contribution in [0.25, 0.3) is 21.5 Å². The number of amides is 1. The molecule has 5 nitrogen and oxygen atoms in total. The van der Waals surface area contributed by atoms with Crippen molar-refractivity contribution >= 4 is 27.5 Å². The van der Waals surface area contributed by atoms with Crippen molar-refractivity contribution in [1.82, 2.24) is 10.3 Å². The summed E-state index contributed by atoms with van der Waals surface area (Å²) in [5, 5.41) is 13.1. The van der Waals surface area contributed by atoms with E-state index in [0.29, 0.717) is 5.56 Å². The molecule has 4 aromatic rings. The lowest BCUT2D eigenvalue weighted by molar-refractivity contribution is 0.0916. The van der Waals surface area contributed by atoms with Gasteiger partial charge in [0.1, 0.15) is 5.76 Å². The molecule has 0 fully saturated rings. The number of benzene rings is 2. The summed E-state index contributed by atoms with van der Waals surface area (Å²) in [5.74, 6) is 0.560. The maximum absolute atomic E-state index is 12.3. The number of nitrogens with one attached hydrogen (secondary N) is 1. The number of furan rings is 1. The van der Waals surface area contributed by atoms with Crippen LogP contribution in [0, 0.1) is 0 Å². The Kier molecular flexibility index (Phi) is 4.51. The Morgan fingerprint density at radius 3 is 2.81 bits per heavy atom. The maximum atomic E-state index is 12.3. The highest BCUT2D eigenvalue weighted by atomic mass is 32.1. The monoisotopic (exact) mass is 364 g/mol. The predicted molar refractivity (Wildman–Crippen MR) is 101 cm³/mol. The van der Waals surface area contributed by atoms with Crippen LogP contribution in [0.15, 0.2) is 70.8 Å². The Balaban J connectivity index is 1.39. The molecule has 0 unspecified atom stereocenters. The first-order valence-corrected chi connectivity index (χ1v) is 9.02. The van der Waals surface area contributed by atoms with Crippen LogP contribution in [0.5, 0.6) is 0 Å². The van der Waals surface area contributed by atoms with Crippen LogP contribution >= 0.6 is 11.3 Å². The largest absolute Gasteiger partial charge is 0.464 e. The Labute approximate surface area is 153 Å². The molecule has 0 saturated heterocycles. The highest BCUT2D eigenvalue weighted by molar-refractivity contribution is 7.16. The van der Waals surface area contributed by atoms with Gasteiger partial charge < -0.3 is 14.8 Å². The molecule has 26 heavy (non-hydrogen) atoms. The maximum Gasteiger partial charge on any atom is 0.251 e. The topological polar surface area (TPSA) is 75.4 Å². The molecule has 2 aromatic carbocycles. The van der Waals surface area contributed by atoms with E-state index >= 15 is 0 Å². The lowest BCUT2D eigenvalue weighted by Crippen LogP contribution is -2.28. The molecular weight excluding hydrogens is 348 g/mol. The number of nitrogens with zero attached hydrogens (tertiary/aromatic N) is 1. The molecule has 2 heterocycles. The molecule has 0 saturated carbocycles. The predicted octanol–water partition coefficient (Wildman–Crippen LogP) is 4.02. The molecule has 0 aliphatic carbocycles. The number of aromatic nitrogens is 1. The average Bonchev–Trinajstić information content (AvgIpc) is 3.37. The van der Waals surface area contributed by atoms with Crippen molar-refractivity contribution in [3.8, 4) is 11.3 Å². The van der Waals surface area contributed by atoms with Crippen molar-refractivity contribution < 1.29 is 14.3 Å². The summed E-state index contributed by atoms with van der Waals surface area (Å²) in [7, 11) is 0. The van der Waals surface area contributed by atoms with Gasteiger partial charge in [-0.05, 0) is 35.9 Å². The van der Waals surface area contributed by atoms with Crippen molar-refractivity contribution in [2.24, 2.45) is 0 Å². The van der Waals surface area contributed by atoms with E-state index in [0.717, 1.165) is 27.1 Å². The summed E-state index contributed by atoms with van der Waals surface area (Å²) in [6, 6.07) is 16.5. The Morgan fingerprint density at radius 1 is 1.19 bits per heavy atom. The molecule has 1 atom stereocenters. The highest BCUT2D eigenvalue weighted by Crippen LogP contribution is 2.22. The molecule has 2 aromatic heterocycles. The third kappa shape index (κ3) is 3.37. The number of carbonyl (C=O) groups is 1. The Bertz CT molecular complexity index is 1020. The summed E-state index contributed by atoms with van der Waals surface area (Å²) in [5.41, 5.74) is 4.86. The molecule has 0 bridgehead atoms. The fourth-order valence-corrected chi connectivity index (χ4v) is 3.43. The second-order valence-corrected chi connectivity index (χ2v) is 6.75. The minimum atomic E-state index is -0.781. The van der Waals surface area contributed by atoms with Gasteiger partial charge in [0.25, 0.3) is 5.91 Å². The van der Waals surface area contributed by atoms with E-state index in [1.54, 1.807) is 17.8 Å². The number of hydrogen-bond donors (Lipinski definition) is 2. The summed E-state index contributed by atoms with van der Waals surface area (Å²) in [4.78, 5) is 16.5. The number of carbonyl (C=O) groups excluding carboxylic acids is 1. The zero-order valence-electron chi connectivity index (χ0n) is 13.8. The van der Waals surface area contributed by atoms with E-state index in [9.17, 15) is 9.90 Å². The molecule has 0 radical (unpaired) electrons. The van der Waals surface area contributed by atoms with E-state index in [-0.39, 0.29) is 12.5 Å². The molecule has 2 N–H and O–H groups in total. The van der Waals surface area contributed by atoms with Gasteiger partial charge in [-0.15, -0.1) is 11.3 Å². The van der Waals surface area contributed by atoms with Crippen molar-refractivity contribution in [2.45, 2.75) is 6.10 Å². The molecule has 1 amide bonds. The van der Waals surface area contributed by atoms with E-state index in [1.807, 2.05) is 48.5 Å². The summed E-state index contributed by atoms with van der Waals surface area (Å²) in [6.07, 6.45) is 0.841. The summed E-state index contributed by atoms with van der Waals surface area (Å²) < 4.78 is 6.31. The number of thiazole rings is 1. The van der Waals surface area contributed by atoms with Crippen molar-refractivity contribution in [3.05, 3.63) is 77.5 Å². The van der Waals surface area contributed by atoms with Crippen LogP contribution in [0.3, 0.4) is 0 Å². The lowest BCUT2D eigenvalue weighted by Gasteiger charge is -2.13. The molecule has 6 heteroatoms. The van der Waals surface area contributed by atoms with Gasteiger partial charge in [0.15, 0.2) is 0 Å². The van der Waals surface area contributed by atoms with Crippen LogP contribution in [0.2, 0.25) is 0 Å². The van der Waals surface area contributed by atoms with Crippen molar-refractivity contribution in [2.75, 3.05) is 6.54 Å². The third-order valence-corrected chi connectivity index (χ3v) is 4.94. The van der Waals surface area contributed by atoms with Crippen LogP contribution in [-0.2, 0) is 0 Å². The van der Waals surface area contributed by atoms with Gasteiger partial charge in [0.05, 0.1) is 28.1 Å². The number of fused-ring (bicyclic) bond motifs is 1. The van der Waals surface area contributed by atoms with Crippen molar-refractivity contribution in [1.29, 1.82) is 0 Å². The van der Waals surface area contributed by atoms with Crippen LogP contribution < -0.4 is 5.32 Å². The minimum Gasteiger partial charge on any atom is -0.464 e. The molecule has 0 aliphatic rings. The van der Waals surface area contributed by atoms with Gasteiger partial charge in [0.2, 0.25) is 0 Å². The SMILES string of the molecule is O=C(NC[C@@H](O)c1ccc(-c2ccco2)cc1)c1ccc2ncsc2c1. The van der Waals surface area contributed by atoms with Crippen LogP contribution in [-0.4, -0.2) is 22.5 Å². The van der Waals surface area contributed by atoms with E-state index in [2.05, 4.69) is 10.3 Å². The van der Waals surface area contributed by atoms with E-state index < -0.39 is 6.10 Å². The van der Waals surface area contributed by atoms with Gasteiger partial charge in [-0.3, -0.25) is 4.79 Å². The van der Waals surface area contributed by atoms with E-state index in [1.165, 1.54) is 11.3 Å². The number of hydrogen-bond acceptors (Lipinski definition) is 5. The molecule has 0 aliphatic heterocycles. The number of aliphatic hydroxyl groups excluding tert-OH is 1. The van der Waals surface area contributed by atoms with Gasteiger partial charge in [0, 0.05) is 17.7 Å². The second kappa shape index (κ2) is 7.11. The first-order chi connectivity index (χ1) is 12.7. The average molecular weight is 364 g/mol. The second-order valence-electron chi connectivity index (χ2n) is 5.86. The zero-order valence-corrected chi connectivity index (χ0v) is 14.6.